The fourth-order valence-corrected chi connectivity index (χ4v) is 3.63. The first kappa shape index (κ1) is 18.7. The molecule has 1 N–H and O–H groups in total. The Balaban J connectivity index is 1.52. The lowest BCUT2D eigenvalue weighted by Crippen LogP contribution is -2.51. The summed E-state index contributed by atoms with van der Waals surface area (Å²) in [5, 5.41) is 5.27. The van der Waals surface area contributed by atoms with Gasteiger partial charge in [0.25, 0.3) is 0 Å². The summed E-state index contributed by atoms with van der Waals surface area (Å²) in [5.74, 6) is 0.685. The third-order valence-electron chi connectivity index (χ3n) is 4.23. The molecule has 3 rings (SSSR count). The number of ketones is 1. The van der Waals surface area contributed by atoms with Gasteiger partial charge in [-0.15, -0.1) is 11.3 Å². The van der Waals surface area contributed by atoms with Crippen LogP contribution in [0.1, 0.15) is 9.67 Å². The summed E-state index contributed by atoms with van der Waals surface area (Å²) in [4.78, 5) is 29.3. The van der Waals surface area contributed by atoms with Crippen LogP contribution in [0.15, 0.2) is 35.7 Å². The van der Waals surface area contributed by atoms with E-state index in [4.69, 9.17) is 16.3 Å². The van der Waals surface area contributed by atoms with Crippen LogP contribution in [0.25, 0.3) is 0 Å². The minimum Gasteiger partial charge on any atom is -0.495 e. The molecule has 0 radical (unpaired) electrons. The Kier molecular flexibility index (Phi) is 6.13. The summed E-state index contributed by atoms with van der Waals surface area (Å²) >= 11 is 7.45. The van der Waals surface area contributed by atoms with Gasteiger partial charge in [0.05, 0.1) is 24.2 Å². The van der Waals surface area contributed by atoms with Crippen molar-refractivity contribution in [3.8, 4) is 5.75 Å². The van der Waals surface area contributed by atoms with Gasteiger partial charge in [0.2, 0.25) is 0 Å². The minimum absolute atomic E-state index is 0.126. The van der Waals surface area contributed by atoms with Crippen LogP contribution in [-0.4, -0.2) is 61.4 Å². The van der Waals surface area contributed by atoms with Crippen molar-refractivity contribution < 1.29 is 14.3 Å². The summed E-state index contributed by atoms with van der Waals surface area (Å²) in [6.45, 7) is 2.84. The molecular weight excluding hydrogens is 374 g/mol. The molecule has 0 atom stereocenters. The van der Waals surface area contributed by atoms with Crippen LogP contribution in [0.4, 0.5) is 10.5 Å². The predicted molar refractivity (Wildman–Crippen MR) is 104 cm³/mol. The summed E-state index contributed by atoms with van der Waals surface area (Å²) in [7, 11) is 1.54. The van der Waals surface area contributed by atoms with Crippen molar-refractivity contribution in [2.45, 2.75) is 0 Å². The molecule has 1 fully saturated rings. The first-order chi connectivity index (χ1) is 12.6. The normalized spacial score (nSPS) is 14.9. The van der Waals surface area contributed by atoms with E-state index in [1.807, 2.05) is 17.5 Å². The summed E-state index contributed by atoms with van der Waals surface area (Å²) in [5.41, 5.74) is 0.542. The third kappa shape index (κ3) is 4.55. The van der Waals surface area contributed by atoms with Crippen LogP contribution in [0, 0.1) is 0 Å². The molecule has 1 saturated heterocycles. The molecule has 0 spiro atoms. The fourth-order valence-electron chi connectivity index (χ4n) is 2.80. The van der Waals surface area contributed by atoms with Crippen molar-refractivity contribution in [3.63, 3.8) is 0 Å². The molecule has 26 heavy (non-hydrogen) atoms. The molecule has 2 heterocycles. The van der Waals surface area contributed by atoms with E-state index in [1.165, 1.54) is 11.3 Å². The van der Waals surface area contributed by atoms with E-state index in [0.717, 1.165) is 4.88 Å². The lowest BCUT2D eigenvalue weighted by molar-refractivity contribution is 0.0887. The largest absolute Gasteiger partial charge is 0.495 e. The highest BCUT2D eigenvalue weighted by atomic mass is 35.5. The summed E-state index contributed by atoms with van der Waals surface area (Å²) < 4.78 is 5.25. The Morgan fingerprint density at radius 1 is 1.23 bits per heavy atom. The maximum Gasteiger partial charge on any atom is 0.322 e. The number of urea groups is 1. The molecule has 6 nitrogen and oxygen atoms in total. The fraction of sp³-hybridized carbons (Fsp3) is 0.333. The number of benzene rings is 1. The van der Waals surface area contributed by atoms with Gasteiger partial charge in [-0.1, -0.05) is 17.7 Å². The molecule has 8 heteroatoms. The molecule has 0 unspecified atom stereocenters. The average molecular weight is 394 g/mol. The van der Waals surface area contributed by atoms with Crippen LogP contribution < -0.4 is 10.1 Å². The summed E-state index contributed by atoms with van der Waals surface area (Å²) in [6.07, 6.45) is 0. The van der Waals surface area contributed by atoms with Crippen LogP contribution >= 0.6 is 22.9 Å². The van der Waals surface area contributed by atoms with E-state index in [0.29, 0.717) is 49.2 Å². The number of methoxy groups -OCH3 is 1. The predicted octanol–water partition coefficient (Wildman–Crippen LogP) is 3.44. The molecule has 1 aliphatic heterocycles. The first-order valence-electron chi connectivity index (χ1n) is 8.25. The zero-order chi connectivity index (χ0) is 18.5. The lowest BCUT2D eigenvalue weighted by atomic mass is 10.2. The van der Waals surface area contributed by atoms with Gasteiger partial charge in [0, 0.05) is 31.2 Å². The van der Waals surface area contributed by atoms with Gasteiger partial charge in [-0.2, -0.15) is 0 Å². The topological polar surface area (TPSA) is 61.9 Å². The molecule has 1 aliphatic rings. The maximum atomic E-state index is 12.5. The van der Waals surface area contributed by atoms with Gasteiger partial charge in [-0.25, -0.2) is 4.79 Å². The van der Waals surface area contributed by atoms with Crippen molar-refractivity contribution in [3.05, 3.63) is 45.6 Å². The number of halogens is 1. The Bertz CT molecular complexity index is 774. The molecule has 1 aromatic heterocycles. The van der Waals surface area contributed by atoms with Gasteiger partial charge < -0.3 is 15.0 Å². The number of Topliss-reactive ketones (excluding diaryl/α,β-unsaturated/α-hetero) is 1. The second kappa shape index (κ2) is 8.53. The Morgan fingerprint density at radius 3 is 2.65 bits per heavy atom. The lowest BCUT2D eigenvalue weighted by Gasteiger charge is -2.34. The van der Waals surface area contributed by atoms with Gasteiger partial charge >= 0.3 is 6.03 Å². The second-order valence-electron chi connectivity index (χ2n) is 5.94. The highest BCUT2D eigenvalue weighted by Crippen LogP contribution is 2.28. The van der Waals surface area contributed by atoms with E-state index >= 15 is 0 Å². The zero-order valence-corrected chi connectivity index (χ0v) is 16.0. The highest BCUT2D eigenvalue weighted by molar-refractivity contribution is 7.12. The first-order valence-corrected chi connectivity index (χ1v) is 9.51. The van der Waals surface area contributed by atoms with E-state index in [9.17, 15) is 9.59 Å². The van der Waals surface area contributed by atoms with Gasteiger partial charge in [0.1, 0.15) is 5.75 Å². The van der Waals surface area contributed by atoms with Crippen LogP contribution in [0.2, 0.25) is 5.02 Å². The van der Waals surface area contributed by atoms with E-state index in [2.05, 4.69) is 10.2 Å². The van der Waals surface area contributed by atoms with Crippen molar-refractivity contribution in [1.29, 1.82) is 0 Å². The number of piperazine rings is 1. The number of hydrogen-bond donors (Lipinski definition) is 1. The number of rotatable bonds is 5. The maximum absolute atomic E-state index is 12.5. The van der Waals surface area contributed by atoms with E-state index < -0.39 is 0 Å². The van der Waals surface area contributed by atoms with Crippen molar-refractivity contribution in [2.75, 3.05) is 45.2 Å². The van der Waals surface area contributed by atoms with Crippen LogP contribution in [0.3, 0.4) is 0 Å². The molecular formula is C18H20ClN3O3S. The number of carbonyl (C=O) groups is 2. The molecule has 0 bridgehead atoms. The molecule has 0 saturated carbocycles. The second-order valence-corrected chi connectivity index (χ2v) is 7.32. The standard InChI is InChI=1S/C18H20ClN3O3S/c1-25-16-5-4-13(19)11-14(16)20-18(24)22-8-6-21(7-9-22)12-15(23)17-3-2-10-26-17/h2-5,10-11H,6-9,12H2,1H3,(H,20,24). The SMILES string of the molecule is COc1ccc(Cl)cc1NC(=O)N1CCN(CC(=O)c2cccs2)CC1. The van der Waals surface area contributed by atoms with Gasteiger partial charge in [0.15, 0.2) is 5.78 Å². The highest BCUT2D eigenvalue weighted by Gasteiger charge is 2.23. The average Bonchev–Trinajstić information content (AvgIpc) is 3.17. The number of nitrogens with zero attached hydrogens (tertiary/aromatic N) is 2. The number of ether oxygens (including phenoxy) is 1. The molecule has 0 aliphatic carbocycles. The summed E-state index contributed by atoms with van der Waals surface area (Å²) in [6, 6.07) is 8.61. The van der Waals surface area contributed by atoms with Crippen molar-refractivity contribution >= 4 is 40.4 Å². The van der Waals surface area contributed by atoms with Crippen molar-refractivity contribution in [2.24, 2.45) is 0 Å². The smallest absolute Gasteiger partial charge is 0.322 e. The Labute approximate surface area is 161 Å². The number of anilines is 1. The van der Waals surface area contributed by atoms with Gasteiger partial charge in [-0.3, -0.25) is 9.69 Å². The quantitative estimate of drug-likeness (QED) is 0.790. The Hall–Kier alpha value is -2.09. The number of nitrogens with one attached hydrogen (secondary N) is 1. The van der Waals surface area contributed by atoms with E-state index in [-0.39, 0.29) is 11.8 Å². The third-order valence-corrected chi connectivity index (χ3v) is 5.37. The number of amides is 2. The molecule has 2 aromatic rings. The molecule has 1 aromatic carbocycles. The minimum atomic E-state index is -0.199. The molecule has 2 amide bonds. The number of carbonyl (C=O) groups excluding carboxylic acids is 2. The number of thiophene rings is 1. The van der Waals surface area contributed by atoms with Crippen LogP contribution in [0.5, 0.6) is 5.75 Å². The number of hydrogen-bond acceptors (Lipinski definition) is 5. The van der Waals surface area contributed by atoms with Crippen molar-refractivity contribution in [1.82, 2.24) is 9.80 Å². The van der Waals surface area contributed by atoms with Gasteiger partial charge in [-0.05, 0) is 29.6 Å². The monoisotopic (exact) mass is 393 g/mol. The zero-order valence-electron chi connectivity index (χ0n) is 14.4. The van der Waals surface area contributed by atoms with Crippen LogP contribution in [-0.2, 0) is 0 Å². The molecule has 138 valence electrons. The van der Waals surface area contributed by atoms with E-state index in [1.54, 1.807) is 30.2 Å². The Morgan fingerprint density at radius 2 is 2.00 bits per heavy atom.